The van der Waals surface area contributed by atoms with E-state index in [1.807, 2.05) is 13.8 Å². The molecule has 0 spiro atoms. The van der Waals surface area contributed by atoms with Gasteiger partial charge in [-0.15, -0.1) is 11.8 Å². The third-order valence-corrected chi connectivity index (χ3v) is 5.65. The molecule has 0 radical (unpaired) electrons. The lowest BCUT2D eigenvalue weighted by atomic mass is 9.89. The first kappa shape index (κ1) is 16.0. The zero-order valence-corrected chi connectivity index (χ0v) is 14.2. The summed E-state index contributed by atoms with van der Waals surface area (Å²) in [5.41, 5.74) is 0.343. The Labute approximate surface area is 138 Å². The van der Waals surface area contributed by atoms with Crippen molar-refractivity contribution in [3.05, 3.63) is 23.0 Å². The van der Waals surface area contributed by atoms with E-state index >= 15 is 0 Å². The minimum Gasteiger partial charge on any atom is -0.478 e. The average molecular weight is 333 g/mol. The van der Waals surface area contributed by atoms with Gasteiger partial charge in [0, 0.05) is 4.90 Å². The number of aliphatic imine (C=N–C) groups is 1. The molecular formula is C16H19N3O3S. The number of rotatable bonds is 3. The molecular weight excluding hydrogens is 314 g/mol. The molecule has 1 aromatic heterocycles. The number of carbonyl (C=O) groups is 2. The fraction of sp³-hybridized carbons (Fsp3) is 0.500. The van der Waals surface area contributed by atoms with Gasteiger partial charge < -0.3 is 10.4 Å². The number of carboxylic acid groups (broad SMARTS) is 1. The SMILES string of the molecule is CC(C)C1(C)N=C(c2nc3c(cc2C(=O)O)SCCC3)NC1=O. The molecule has 1 unspecified atom stereocenters. The quantitative estimate of drug-likeness (QED) is 0.884. The summed E-state index contributed by atoms with van der Waals surface area (Å²) < 4.78 is 0. The van der Waals surface area contributed by atoms with Crippen LogP contribution in [0, 0.1) is 5.92 Å². The highest BCUT2D eigenvalue weighted by molar-refractivity contribution is 7.99. The number of amidine groups is 1. The van der Waals surface area contributed by atoms with Crippen LogP contribution in [0.3, 0.4) is 0 Å². The van der Waals surface area contributed by atoms with Crippen LogP contribution in [0.5, 0.6) is 0 Å². The molecule has 3 heterocycles. The van der Waals surface area contributed by atoms with Crippen molar-refractivity contribution in [2.45, 2.75) is 44.0 Å². The van der Waals surface area contributed by atoms with E-state index in [2.05, 4.69) is 15.3 Å². The Morgan fingerprint density at radius 1 is 1.48 bits per heavy atom. The van der Waals surface area contributed by atoms with E-state index in [0.29, 0.717) is 0 Å². The lowest BCUT2D eigenvalue weighted by molar-refractivity contribution is -0.124. The standard InChI is InChI=1S/C16H19N3O3S/c1-8(2)16(3)15(22)18-13(19-16)12-9(14(20)21)7-11-10(17-12)5-4-6-23-11/h7-8H,4-6H2,1-3H3,(H,20,21)(H,18,19,22). The molecule has 122 valence electrons. The highest BCUT2D eigenvalue weighted by Crippen LogP contribution is 2.32. The van der Waals surface area contributed by atoms with Gasteiger partial charge in [0.15, 0.2) is 5.84 Å². The van der Waals surface area contributed by atoms with Crippen molar-refractivity contribution < 1.29 is 14.7 Å². The van der Waals surface area contributed by atoms with Gasteiger partial charge in [0.1, 0.15) is 11.2 Å². The number of thioether (sulfide) groups is 1. The molecule has 0 bridgehead atoms. The van der Waals surface area contributed by atoms with Gasteiger partial charge in [-0.1, -0.05) is 13.8 Å². The second-order valence-corrected chi connectivity index (χ2v) is 7.44. The summed E-state index contributed by atoms with van der Waals surface area (Å²) in [6.45, 7) is 5.59. The molecule has 6 nitrogen and oxygen atoms in total. The molecule has 0 saturated carbocycles. The van der Waals surface area contributed by atoms with Crippen molar-refractivity contribution in [2.75, 3.05) is 5.75 Å². The zero-order chi connectivity index (χ0) is 16.8. The molecule has 0 aromatic carbocycles. The number of aromatic nitrogens is 1. The summed E-state index contributed by atoms with van der Waals surface area (Å²) in [5.74, 6) is -0.0383. The minimum absolute atomic E-state index is 0.00135. The summed E-state index contributed by atoms with van der Waals surface area (Å²) in [7, 11) is 0. The maximum absolute atomic E-state index is 12.3. The first-order valence-electron chi connectivity index (χ1n) is 7.64. The van der Waals surface area contributed by atoms with Gasteiger partial charge in [0.2, 0.25) is 0 Å². The van der Waals surface area contributed by atoms with Crippen LogP contribution in [0.1, 0.15) is 48.9 Å². The number of hydrogen-bond acceptors (Lipinski definition) is 5. The molecule has 2 aliphatic heterocycles. The summed E-state index contributed by atoms with van der Waals surface area (Å²) in [6, 6.07) is 1.66. The van der Waals surface area contributed by atoms with Crippen molar-refractivity contribution >= 4 is 29.5 Å². The van der Waals surface area contributed by atoms with Crippen molar-refractivity contribution in [3.8, 4) is 0 Å². The highest BCUT2D eigenvalue weighted by Gasteiger charge is 2.43. The Bertz CT molecular complexity index is 730. The summed E-state index contributed by atoms with van der Waals surface area (Å²) in [6.07, 6.45) is 1.83. The lowest BCUT2D eigenvalue weighted by Gasteiger charge is -2.21. The number of fused-ring (bicyclic) bond motifs is 1. The smallest absolute Gasteiger partial charge is 0.338 e. The Morgan fingerprint density at radius 3 is 2.83 bits per heavy atom. The number of pyridine rings is 1. The van der Waals surface area contributed by atoms with Crippen LogP contribution >= 0.6 is 11.8 Å². The topological polar surface area (TPSA) is 91.7 Å². The molecule has 1 aromatic rings. The number of hydrogen-bond donors (Lipinski definition) is 2. The fourth-order valence-corrected chi connectivity index (χ4v) is 3.67. The summed E-state index contributed by atoms with van der Waals surface area (Å²) >= 11 is 1.62. The molecule has 1 amide bonds. The largest absolute Gasteiger partial charge is 0.478 e. The van der Waals surface area contributed by atoms with E-state index in [1.54, 1.807) is 24.8 Å². The van der Waals surface area contributed by atoms with Crippen LogP contribution in [0.4, 0.5) is 0 Å². The maximum atomic E-state index is 12.3. The van der Waals surface area contributed by atoms with Crippen LogP contribution in [0.15, 0.2) is 16.0 Å². The normalized spacial score (nSPS) is 23.5. The Hall–Kier alpha value is -1.89. The first-order chi connectivity index (χ1) is 10.8. The van der Waals surface area contributed by atoms with Gasteiger partial charge in [-0.2, -0.15) is 0 Å². The first-order valence-corrected chi connectivity index (χ1v) is 8.63. The van der Waals surface area contributed by atoms with E-state index in [4.69, 9.17) is 0 Å². The number of carboxylic acids is 1. The van der Waals surface area contributed by atoms with E-state index < -0.39 is 11.5 Å². The molecule has 0 fully saturated rings. The third kappa shape index (κ3) is 2.63. The summed E-state index contributed by atoms with van der Waals surface area (Å²) in [5, 5.41) is 12.2. The van der Waals surface area contributed by atoms with Gasteiger partial charge >= 0.3 is 5.97 Å². The third-order valence-electron chi connectivity index (χ3n) is 4.49. The van der Waals surface area contributed by atoms with Gasteiger partial charge in [-0.05, 0) is 37.5 Å². The van der Waals surface area contributed by atoms with Crippen LogP contribution in [-0.4, -0.2) is 39.1 Å². The molecule has 0 saturated heterocycles. The van der Waals surface area contributed by atoms with Crippen molar-refractivity contribution in [2.24, 2.45) is 10.9 Å². The Morgan fingerprint density at radius 2 is 2.22 bits per heavy atom. The van der Waals surface area contributed by atoms with E-state index in [0.717, 1.165) is 29.2 Å². The number of aromatic carboxylic acids is 1. The zero-order valence-electron chi connectivity index (χ0n) is 13.3. The average Bonchev–Trinajstić information content (AvgIpc) is 2.82. The molecule has 7 heteroatoms. The Kier molecular flexibility index (Phi) is 3.91. The number of aryl methyl sites for hydroxylation is 1. The molecule has 3 rings (SSSR count). The fourth-order valence-electron chi connectivity index (χ4n) is 2.65. The van der Waals surface area contributed by atoms with Crippen LogP contribution in [0.25, 0.3) is 0 Å². The van der Waals surface area contributed by atoms with Gasteiger partial charge in [0.25, 0.3) is 5.91 Å². The van der Waals surface area contributed by atoms with Gasteiger partial charge in [0.05, 0.1) is 11.3 Å². The van der Waals surface area contributed by atoms with Crippen LogP contribution < -0.4 is 5.32 Å². The monoisotopic (exact) mass is 333 g/mol. The number of nitrogens with one attached hydrogen (secondary N) is 1. The van der Waals surface area contributed by atoms with E-state index in [9.17, 15) is 14.7 Å². The minimum atomic E-state index is -1.06. The van der Waals surface area contributed by atoms with Crippen LogP contribution in [0.2, 0.25) is 0 Å². The molecule has 2 N–H and O–H groups in total. The van der Waals surface area contributed by atoms with Gasteiger partial charge in [-0.3, -0.25) is 4.79 Å². The van der Waals surface area contributed by atoms with Crippen molar-refractivity contribution in [3.63, 3.8) is 0 Å². The maximum Gasteiger partial charge on any atom is 0.338 e. The number of carbonyl (C=O) groups excluding carboxylic acids is 1. The molecule has 1 atom stereocenters. The van der Waals surface area contributed by atoms with Gasteiger partial charge in [-0.25, -0.2) is 14.8 Å². The summed E-state index contributed by atoms with van der Waals surface area (Å²) in [4.78, 5) is 33.8. The van der Waals surface area contributed by atoms with Crippen molar-refractivity contribution in [1.82, 2.24) is 10.3 Å². The van der Waals surface area contributed by atoms with Crippen molar-refractivity contribution in [1.29, 1.82) is 0 Å². The predicted molar refractivity (Wildman–Crippen MR) is 88.2 cm³/mol. The predicted octanol–water partition coefficient (Wildman–Crippen LogP) is 2.11. The number of amides is 1. The molecule has 2 aliphatic rings. The second kappa shape index (κ2) is 5.63. The molecule has 23 heavy (non-hydrogen) atoms. The van der Waals surface area contributed by atoms with Crippen LogP contribution in [-0.2, 0) is 11.2 Å². The Balaban J connectivity index is 2.13. The highest BCUT2D eigenvalue weighted by atomic mass is 32.2. The number of nitrogens with zero attached hydrogens (tertiary/aromatic N) is 2. The van der Waals surface area contributed by atoms with E-state index in [-0.39, 0.29) is 28.9 Å². The second-order valence-electron chi connectivity index (χ2n) is 6.30. The molecule has 0 aliphatic carbocycles. The lowest BCUT2D eigenvalue weighted by Crippen LogP contribution is -2.41. The van der Waals surface area contributed by atoms with E-state index in [1.165, 1.54) is 0 Å².